The average molecular weight is 291 g/mol. The van der Waals surface area contributed by atoms with E-state index in [-0.39, 0.29) is 36.9 Å². The topological polar surface area (TPSA) is 64.6 Å². The third kappa shape index (κ3) is 3.82. The minimum atomic E-state index is -0.235. The molecule has 0 bridgehead atoms. The van der Waals surface area contributed by atoms with Crippen LogP contribution in [-0.2, 0) is 19.1 Å². The van der Waals surface area contributed by atoms with Crippen LogP contribution in [0.3, 0.4) is 0 Å². The Morgan fingerprint density at radius 3 is 1.76 bits per heavy atom. The van der Waals surface area contributed by atoms with Crippen molar-refractivity contribution in [1.29, 1.82) is 0 Å². The predicted molar refractivity (Wildman–Crippen MR) is 77.6 cm³/mol. The van der Waals surface area contributed by atoms with E-state index in [1.54, 1.807) is 13.8 Å². The largest absolute Gasteiger partial charge is 0.466 e. The second-order valence-corrected chi connectivity index (χ2v) is 4.92. The standard InChI is InChI=1S/C16H21NO4/c1-3-20-15(18)9-13-11-7-5-6-8-12(11)14(17-13)10-16(19)21-4-2/h5-8,13-14,17H,3-4,9-10H2,1-2H3/t13-,14+. The molecule has 5 nitrogen and oxygen atoms in total. The number of fused-ring (bicyclic) bond motifs is 1. The molecule has 1 aromatic rings. The minimum Gasteiger partial charge on any atom is -0.466 e. The summed E-state index contributed by atoms with van der Waals surface area (Å²) >= 11 is 0. The number of hydrogen-bond acceptors (Lipinski definition) is 5. The molecule has 114 valence electrons. The number of hydrogen-bond donors (Lipinski definition) is 1. The maximum atomic E-state index is 11.7. The SMILES string of the molecule is CCOC(=O)C[C@@H]1N[C@H](CC(=O)OCC)c2ccccc21. The first-order valence-corrected chi connectivity index (χ1v) is 7.31. The van der Waals surface area contributed by atoms with Crippen LogP contribution < -0.4 is 5.32 Å². The maximum Gasteiger partial charge on any atom is 0.307 e. The van der Waals surface area contributed by atoms with Crippen molar-refractivity contribution >= 4 is 11.9 Å². The molecule has 0 saturated heterocycles. The number of rotatable bonds is 6. The molecule has 0 unspecified atom stereocenters. The molecule has 1 aliphatic heterocycles. The highest BCUT2D eigenvalue weighted by Gasteiger charge is 2.32. The molecule has 0 radical (unpaired) electrons. The summed E-state index contributed by atoms with van der Waals surface area (Å²) < 4.78 is 10.0. The Morgan fingerprint density at radius 1 is 0.952 bits per heavy atom. The zero-order valence-electron chi connectivity index (χ0n) is 12.4. The number of esters is 2. The zero-order valence-corrected chi connectivity index (χ0v) is 12.4. The van der Waals surface area contributed by atoms with Crippen LogP contribution >= 0.6 is 0 Å². The quantitative estimate of drug-likeness (QED) is 0.815. The molecule has 0 fully saturated rings. The van der Waals surface area contributed by atoms with E-state index < -0.39 is 0 Å². The number of nitrogens with one attached hydrogen (secondary N) is 1. The van der Waals surface area contributed by atoms with Crippen molar-refractivity contribution in [3.63, 3.8) is 0 Å². The molecule has 0 amide bonds. The van der Waals surface area contributed by atoms with Crippen molar-refractivity contribution in [2.45, 2.75) is 38.8 Å². The number of carbonyl (C=O) groups is 2. The Hall–Kier alpha value is -1.88. The Morgan fingerprint density at radius 2 is 1.38 bits per heavy atom. The third-order valence-corrected chi connectivity index (χ3v) is 3.50. The highest BCUT2D eigenvalue weighted by Crippen LogP contribution is 2.36. The van der Waals surface area contributed by atoms with Gasteiger partial charge in [-0.2, -0.15) is 0 Å². The van der Waals surface area contributed by atoms with E-state index in [1.807, 2.05) is 24.3 Å². The highest BCUT2D eigenvalue weighted by atomic mass is 16.5. The van der Waals surface area contributed by atoms with E-state index in [1.165, 1.54) is 0 Å². The minimum absolute atomic E-state index is 0.111. The van der Waals surface area contributed by atoms with Crippen LogP contribution in [0.1, 0.15) is 49.9 Å². The molecule has 1 aromatic carbocycles. The lowest BCUT2D eigenvalue weighted by molar-refractivity contribution is -0.143. The monoisotopic (exact) mass is 291 g/mol. The van der Waals surface area contributed by atoms with Gasteiger partial charge in [-0.25, -0.2) is 0 Å². The molecule has 1 heterocycles. The first kappa shape index (κ1) is 15.5. The van der Waals surface area contributed by atoms with Gasteiger partial charge in [0.2, 0.25) is 0 Å². The molecule has 2 atom stereocenters. The fourth-order valence-corrected chi connectivity index (χ4v) is 2.68. The Bertz CT molecular complexity index is 470. The second-order valence-electron chi connectivity index (χ2n) is 4.92. The lowest BCUT2D eigenvalue weighted by Gasteiger charge is -2.14. The van der Waals surface area contributed by atoms with Gasteiger partial charge in [-0.05, 0) is 25.0 Å². The summed E-state index contributed by atoms with van der Waals surface area (Å²) in [5, 5.41) is 3.33. The first-order chi connectivity index (χ1) is 10.2. The number of ether oxygens (including phenoxy) is 2. The van der Waals surface area contributed by atoms with Crippen LogP contribution in [-0.4, -0.2) is 25.2 Å². The van der Waals surface area contributed by atoms with Crippen LogP contribution in [0.15, 0.2) is 24.3 Å². The summed E-state index contributed by atoms with van der Waals surface area (Å²) in [5.41, 5.74) is 2.11. The van der Waals surface area contributed by atoms with E-state index in [2.05, 4.69) is 5.32 Å². The lowest BCUT2D eigenvalue weighted by Crippen LogP contribution is -2.23. The van der Waals surface area contributed by atoms with E-state index in [4.69, 9.17) is 9.47 Å². The van der Waals surface area contributed by atoms with Crippen molar-refractivity contribution in [1.82, 2.24) is 5.32 Å². The van der Waals surface area contributed by atoms with Gasteiger partial charge in [-0.1, -0.05) is 24.3 Å². The lowest BCUT2D eigenvalue weighted by atomic mass is 9.99. The van der Waals surface area contributed by atoms with E-state index in [0.29, 0.717) is 13.2 Å². The molecule has 0 saturated carbocycles. The summed E-state index contributed by atoms with van der Waals surface area (Å²) in [7, 11) is 0. The molecule has 21 heavy (non-hydrogen) atoms. The van der Waals surface area contributed by atoms with Gasteiger partial charge in [-0.15, -0.1) is 0 Å². The summed E-state index contributed by atoms with van der Waals surface area (Å²) in [6.45, 7) is 4.33. The fraction of sp³-hybridized carbons (Fsp3) is 0.500. The molecule has 0 aromatic heterocycles. The molecular weight excluding hydrogens is 270 g/mol. The van der Waals surface area contributed by atoms with Gasteiger partial charge in [0.1, 0.15) is 0 Å². The molecule has 0 spiro atoms. The highest BCUT2D eigenvalue weighted by molar-refractivity contribution is 5.72. The van der Waals surface area contributed by atoms with Crippen LogP contribution in [0.5, 0.6) is 0 Å². The summed E-state index contributed by atoms with van der Waals surface area (Å²) in [6.07, 6.45) is 0.536. The van der Waals surface area contributed by atoms with Crippen molar-refractivity contribution < 1.29 is 19.1 Å². The zero-order chi connectivity index (χ0) is 15.2. The van der Waals surface area contributed by atoms with E-state index >= 15 is 0 Å². The molecule has 0 aliphatic carbocycles. The van der Waals surface area contributed by atoms with Crippen LogP contribution in [0.4, 0.5) is 0 Å². The Labute approximate surface area is 124 Å². The Balaban J connectivity index is 2.09. The smallest absolute Gasteiger partial charge is 0.307 e. The van der Waals surface area contributed by atoms with Gasteiger partial charge in [0.25, 0.3) is 0 Å². The Kier molecular flexibility index (Phi) is 5.33. The van der Waals surface area contributed by atoms with Crippen LogP contribution in [0, 0.1) is 0 Å². The van der Waals surface area contributed by atoms with Crippen LogP contribution in [0.2, 0.25) is 0 Å². The molecular formula is C16H21NO4. The average Bonchev–Trinajstić information content (AvgIpc) is 2.78. The van der Waals surface area contributed by atoms with Gasteiger partial charge < -0.3 is 14.8 Å². The predicted octanol–water partition coefficient (Wildman–Crippen LogP) is 2.28. The van der Waals surface area contributed by atoms with Gasteiger partial charge in [0, 0.05) is 12.1 Å². The van der Waals surface area contributed by atoms with Crippen molar-refractivity contribution in [3.05, 3.63) is 35.4 Å². The maximum absolute atomic E-state index is 11.7. The van der Waals surface area contributed by atoms with E-state index in [9.17, 15) is 9.59 Å². The van der Waals surface area contributed by atoms with Crippen molar-refractivity contribution in [2.75, 3.05) is 13.2 Å². The number of benzene rings is 1. The van der Waals surface area contributed by atoms with Gasteiger partial charge in [0.15, 0.2) is 0 Å². The van der Waals surface area contributed by atoms with Gasteiger partial charge in [0.05, 0.1) is 26.1 Å². The molecule has 2 rings (SSSR count). The molecule has 5 heteroatoms. The van der Waals surface area contributed by atoms with Gasteiger partial charge >= 0.3 is 11.9 Å². The van der Waals surface area contributed by atoms with E-state index in [0.717, 1.165) is 11.1 Å². The molecule has 1 N–H and O–H groups in total. The third-order valence-electron chi connectivity index (χ3n) is 3.50. The van der Waals surface area contributed by atoms with Crippen molar-refractivity contribution in [3.8, 4) is 0 Å². The summed E-state index contributed by atoms with van der Waals surface area (Å²) in [6, 6.07) is 7.62. The normalized spacial score (nSPS) is 19.9. The summed E-state index contributed by atoms with van der Waals surface area (Å²) in [4.78, 5) is 23.4. The summed E-state index contributed by atoms with van der Waals surface area (Å²) in [5.74, 6) is -0.469. The fourth-order valence-electron chi connectivity index (χ4n) is 2.68. The van der Waals surface area contributed by atoms with Crippen molar-refractivity contribution in [2.24, 2.45) is 0 Å². The first-order valence-electron chi connectivity index (χ1n) is 7.31. The van der Waals surface area contributed by atoms with Gasteiger partial charge in [-0.3, -0.25) is 9.59 Å². The van der Waals surface area contributed by atoms with Crippen LogP contribution in [0.25, 0.3) is 0 Å². The number of carbonyl (C=O) groups excluding carboxylic acids is 2. The molecule has 1 aliphatic rings. The second kappa shape index (κ2) is 7.22.